The van der Waals surface area contributed by atoms with Crippen molar-refractivity contribution in [1.29, 1.82) is 0 Å². The zero-order chi connectivity index (χ0) is 25.6. The van der Waals surface area contributed by atoms with E-state index >= 15 is 0 Å². The molecular weight excluding hydrogens is 475 g/mol. The van der Waals surface area contributed by atoms with Crippen LogP contribution in [-0.4, -0.2) is 37.9 Å². The fourth-order valence-electron chi connectivity index (χ4n) is 3.96. The minimum atomic E-state index is -5.08. The van der Waals surface area contributed by atoms with Crippen LogP contribution in [0.3, 0.4) is 0 Å². The topological polar surface area (TPSA) is 66.6 Å². The quantitative estimate of drug-likeness (QED) is 0.337. The van der Waals surface area contributed by atoms with Gasteiger partial charge < -0.3 is 10.4 Å². The lowest BCUT2D eigenvalue weighted by atomic mass is 9.95. The highest BCUT2D eigenvalue weighted by Gasteiger charge is 2.38. The number of thioether (sulfide) groups is 1. The number of alkyl halides is 3. The average Bonchev–Trinajstić information content (AvgIpc) is 3.17. The number of pyridine rings is 1. The van der Waals surface area contributed by atoms with Gasteiger partial charge in [-0.05, 0) is 56.0 Å². The highest BCUT2D eigenvalue weighted by Crippen LogP contribution is 2.34. The molecule has 1 saturated carbocycles. The first kappa shape index (κ1) is 26.9. The third-order valence-electron chi connectivity index (χ3n) is 5.99. The summed E-state index contributed by atoms with van der Waals surface area (Å²) in [6.07, 6.45) is 4.77. The lowest BCUT2D eigenvalue weighted by Gasteiger charge is -2.24. The van der Waals surface area contributed by atoms with Crippen molar-refractivity contribution < 1.29 is 23.1 Å². The van der Waals surface area contributed by atoms with Gasteiger partial charge in [0, 0.05) is 27.9 Å². The van der Waals surface area contributed by atoms with E-state index in [1.165, 1.54) is 54.5 Å². The molecule has 1 atom stereocenters. The van der Waals surface area contributed by atoms with Gasteiger partial charge >= 0.3 is 12.1 Å². The van der Waals surface area contributed by atoms with E-state index in [0.29, 0.717) is 11.3 Å². The lowest BCUT2D eigenvalue weighted by Crippen LogP contribution is -2.23. The molecule has 35 heavy (non-hydrogen) atoms. The van der Waals surface area contributed by atoms with Gasteiger partial charge in [0.05, 0.1) is 0 Å². The first-order valence-electron chi connectivity index (χ1n) is 11.9. The lowest BCUT2D eigenvalue weighted by molar-refractivity contribution is -0.192. The number of halogens is 3. The first-order valence-corrected chi connectivity index (χ1v) is 12.8. The molecule has 9 heteroatoms. The summed E-state index contributed by atoms with van der Waals surface area (Å²) < 4.78 is 34.0. The average molecular weight is 508 g/mol. The highest BCUT2D eigenvalue weighted by atomic mass is 32.2. The number of aryl methyl sites for hydroxylation is 1. The van der Waals surface area contributed by atoms with Gasteiger partial charge in [-0.2, -0.15) is 13.2 Å². The number of hydrogen-bond acceptors (Lipinski definition) is 4. The van der Waals surface area contributed by atoms with Crippen LogP contribution in [0, 0.1) is 6.92 Å². The van der Waals surface area contributed by atoms with Gasteiger partial charge in [-0.3, -0.25) is 4.40 Å². The Labute approximate surface area is 208 Å². The standard InChI is InChI=1S/C24H31N3S.C2HF3O2/c1-4-18(3)28-21-12-8-9-19(16-21)23-24(25-20-10-6-5-7-11-20)27-14-13-17(2)15-22(27)26-23;3-2(4,5)1(6)7/h8-9,12-16,18,20,25H,4-7,10-11H2,1-3H3;(H,6,7). The first-order chi connectivity index (χ1) is 16.6. The number of aliphatic carboxylic acids is 1. The van der Waals surface area contributed by atoms with Crippen LogP contribution in [0.4, 0.5) is 19.0 Å². The Morgan fingerprint density at radius 3 is 2.54 bits per heavy atom. The van der Waals surface area contributed by atoms with Crippen LogP contribution in [-0.2, 0) is 4.79 Å². The minimum absolute atomic E-state index is 0.548. The fraction of sp³-hybridized carbons (Fsp3) is 0.462. The predicted molar refractivity (Wildman–Crippen MR) is 135 cm³/mol. The third-order valence-corrected chi connectivity index (χ3v) is 7.25. The molecule has 5 nitrogen and oxygen atoms in total. The van der Waals surface area contributed by atoms with E-state index in [1.807, 2.05) is 11.8 Å². The summed E-state index contributed by atoms with van der Waals surface area (Å²) in [6.45, 7) is 6.67. The summed E-state index contributed by atoms with van der Waals surface area (Å²) in [5.74, 6) is -1.61. The Balaban J connectivity index is 0.000000429. The van der Waals surface area contributed by atoms with Gasteiger partial charge in [0.1, 0.15) is 17.2 Å². The minimum Gasteiger partial charge on any atom is -0.475 e. The number of carbonyl (C=O) groups is 1. The molecule has 1 aliphatic rings. The molecule has 2 aromatic heterocycles. The van der Waals surface area contributed by atoms with Crippen LogP contribution in [0.1, 0.15) is 57.9 Å². The Kier molecular flexibility index (Phi) is 9.10. The van der Waals surface area contributed by atoms with Crippen LogP contribution in [0.15, 0.2) is 47.5 Å². The van der Waals surface area contributed by atoms with Crippen LogP contribution in [0.5, 0.6) is 0 Å². The second-order valence-corrected chi connectivity index (χ2v) is 10.4. The summed E-state index contributed by atoms with van der Waals surface area (Å²) in [7, 11) is 0. The SMILES string of the molecule is CCC(C)Sc1cccc(-c2nc3cc(C)ccn3c2NC2CCCCC2)c1.O=C(O)C(F)(F)F. The smallest absolute Gasteiger partial charge is 0.475 e. The second kappa shape index (κ2) is 11.8. The van der Waals surface area contributed by atoms with Crippen molar-refractivity contribution in [3.63, 3.8) is 0 Å². The predicted octanol–water partition coefficient (Wildman–Crippen LogP) is 7.58. The summed E-state index contributed by atoms with van der Waals surface area (Å²) in [5, 5.41) is 11.6. The largest absolute Gasteiger partial charge is 0.490 e. The molecule has 1 aromatic carbocycles. The van der Waals surface area contributed by atoms with E-state index in [0.717, 1.165) is 17.2 Å². The number of fused-ring (bicyclic) bond motifs is 1. The van der Waals surface area contributed by atoms with Crippen molar-refractivity contribution in [3.8, 4) is 11.3 Å². The Morgan fingerprint density at radius 2 is 1.91 bits per heavy atom. The number of carboxylic acid groups (broad SMARTS) is 1. The molecule has 1 fully saturated rings. The number of imidazole rings is 1. The molecule has 190 valence electrons. The van der Waals surface area contributed by atoms with Crippen LogP contribution in [0.2, 0.25) is 0 Å². The Morgan fingerprint density at radius 1 is 1.23 bits per heavy atom. The summed E-state index contributed by atoms with van der Waals surface area (Å²) in [4.78, 5) is 15.3. The molecule has 2 heterocycles. The van der Waals surface area contributed by atoms with Crippen LogP contribution >= 0.6 is 11.8 Å². The highest BCUT2D eigenvalue weighted by molar-refractivity contribution is 7.99. The monoisotopic (exact) mass is 507 g/mol. The zero-order valence-electron chi connectivity index (χ0n) is 20.2. The molecular formula is C26H32F3N3O2S. The van der Waals surface area contributed by atoms with E-state index < -0.39 is 12.1 Å². The van der Waals surface area contributed by atoms with Gasteiger partial charge in [-0.25, -0.2) is 9.78 Å². The maximum atomic E-state index is 10.6. The number of benzene rings is 1. The van der Waals surface area contributed by atoms with E-state index in [4.69, 9.17) is 14.9 Å². The molecule has 3 aromatic rings. The maximum absolute atomic E-state index is 10.6. The van der Waals surface area contributed by atoms with Gasteiger partial charge in [0.15, 0.2) is 0 Å². The molecule has 4 rings (SSSR count). The number of nitrogens with one attached hydrogen (secondary N) is 1. The third kappa shape index (κ3) is 7.40. The van der Waals surface area contributed by atoms with E-state index in [2.05, 4.69) is 73.1 Å². The van der Waals surface area contributed by atoms with Crippen LogP contribution < -0.4 is 5.32 Å². The summed E-state index contributed by atoms with van der Waals surface area (Å²) in [5.41, 5.74) is 4.54. The van der Waals surface area contributed by atoms with Gasteiger partial charge in [0.2, 0.25) is 0 Å². The molecule has 0 amide bonds. The zero-order valence-corrected chi connectivity index (χ0v) is 21.0. The van der Waals surface area contributed by atoms with Crippen molar-refractivity contribution >= 4 is 29.2 Å². The van der Waals surface area contributed by atoms with Crippen molar-refractivity contribution in [1.82, 2.24) is 9.38 Å². The van der Waals surface area contributed by atoms with E-state index in [1.54, 1.807) is 0 Å². The molecule has 1 aliphatic carbocycles. The molecule has 0 bridgehead atoms. The Bertz CT molecular complexity index is 1140. The number of rotatable bonds is 6. The van der Waals surface area contributed by atoms with Crippen LogP contribution in [0.25, 0.3) is 16.9 Å². The van der Waals surface area contributed by atoms with Crippen molar-refractivity contribution in [3.05, 3.63) is 48.2 Å². The summed E-state index contributed by atoms with van der Waals surface area (Å²) in [6, 6.07) is 13.8. The number of hydrogen-bond donors (Lipinski definition) is 2. The van der Waals surface area contributed by atoms with Crippen molar-refractivity contribution in [2.24, 2.45) is 0 Å². The van der Waals surface area contributed by atoms with Gasteiger partial charge in [-0.15, -0.1) is 11.8 Å². The fourth-order valence-corrected chi connectivity index (χ4v) is 4.94. The number of aromatic nitrogens is 2. The second-order valence-electron chi connectivity index (χ2n) is 8.89. The number of anilines is 1. The van der Waals surface area contributed by atoms with Gasteiger partial charge in [-0.1, -0.05) is 45.2 Å². The maximum Gasteiger partial charge on any atom is 0.490 e. The summed E-state index contributed by atoms with van der Waals surface area (Å²) >= 11 is 1.95. The molecule has 0 saturated heterocycles. The Hall–Kier alpha value is -2.68. The normalized spacial score (nSPS) is 15.4. The number of carboxylic acids is 1. The molecule has 1 unspecified atom stereocenters. The van der Waals surface area contributed by atoms with E-state index in [-0.39, 0.29) is 0 Å². The van der Waals surface area contributed by atoms with E-state index in [9.17, 15) is 13.2 Å². The molecule has 0 spiro atoms. The molecule has 0 radical (unpaired) electrons. The van der Waals surface area contributed by atoms with Crippen molar-refractivity contribution in [2.45, 2.75) is 81.7 Å². The molecule has 2 N–H and O–H groups in total. The molecule has 0 aliphatic heterocycles. The van der Waals surface area contributed by atoms with Gasteiger partial charge in [0.25, 0.3) is 0 Å². The number of nitrogens with zero attached hydrogens (tertiary/aromatic N) is 2. The van der Waals surface area contributed by atoms with Crippen molar-refractivity contribution in [2.75, 3.05) is 5.32 Å².